The first kappa shape index (κ1) is 11.9. The Hall–Kier alpha value is -1.53. The van der Waals surface area contributed by atoms with Gasteiger partial charge in [-0.2, -0.15) is 0 Å². The summed E-state index contributed by atoms with van der Waals surface area (Å²) >= 11 is 1.34. The van der Waals surface area contributed by atoms with Gasteiger partial charge in [-0.25, -0.2) is 13.8 Å². The molecule has 2 rings (SSSR count). The Balaban J connectivity index is 2.15. The van der Waals surface area contributed by atoms with Crippen molar-refractivity contribution in [2.45, 2.75) is 13.2 Å². The van der Waals surface area contributed by atoms with Crippen molar-refractivity contribution in [1.82, 2.24) is 4.98 Å². The molecule has 0 radical (unpaired) electrons. The number of aromatic nitrogens is 1. The summed E-state index contributed by atoms with van der Waals surface area (Å²) < 4.78 is 31.9. The highest BCUT2D eigenvalue weighted by Gasteiger charge is 2.13. The molecule has 0 unspecified atom stereocenters. The standard InChI is InChI=1S/C11H9F2NO2S/c12-8-3-7(5-15)4-9(13)11(8)16-6-10-14-1-2-17-10/h1-4,15H,5-6H2. The second-order valence-electron chi connectivity index (χ2n) is 3.26. The second kappa shape index (κ2) is 5.20. The van der Waals surface area contributed by atoms with Gasteiger partial charge in [-0.05, 0) is 17.7 Å². The molecular formula is C11H9F2NO2S. The number of halogens is 2. The fourth-order valence-electron chi connectivity index (χ4n) is 1.30. The Morgan fingerprint density at radius 3 is 2.53 bits per heavy atom. The van der Waals surface area contributed by atoms with Crippen LogP contribution in [-0.4, -0.2) is 10.1 Å². The van der Waals surface area contributed by atoms with Crippen LogP contribution in [0.5, 0.6) is 5.75 Å². The largest absolute Gasteiger partial charge is 0.480 e. The van der Waals surface area contributed by atoms with Crippen molar-refractivity contribution < 1.29 is 18.6 Å². The van der Waals surface area contributed by atoms with Crippen molar-refractivity contribution in [3.63, 3.8) is 0 Å². The Kier molecular flexibility index (Phi) is 3.65. The van der Waals surface area contributed by atoms with Crippen molar-refractivity contribution in [2.75, 3.05) is 0 Å². The number of thiazole rings is 1. The molecule has 2 aromatic rings. The van der Waals surface area contributed by atoms with Crippen LogP contribution < -0.4 is 4.74 Å². The van der Waals surface area contributed by atoms with E-state index in [4.69, 9.17) is 9.84 Å². The monoisotopic (exact) mass is 257 g/mol. The third-order valence-electron chi connectivity index (χ3n) is 2.06. The summed E-state index contributed by atoms with van der Waals surface area (Å²) in [7, 11) is 0. The summed E-state index contributed by atoms with van der Waals surface area (Å²) in [6.45, 7) is -0.398. The summed E-state index contributed by atoms with van der Waals surface area (Å²) in [6, 6.07) is 2.08. The molecule has 1 aromatic heterocycles. The van der Waals surface area contributed by atoms with Crippen molar-refractivity contribution in [3.05, 3.63) is 45.9 Å². The molecule has 90 valence electrons. The lowest BCUT2D eigenvalue weighted by molar-refractivity contribution is 0.266. The topological polar surface area (TPSA) is 42.4 Å². The number of benzene rings is 1. The van der Waals surface area contributed by atoms with Crippen LogP contribution in [0.25, 0.3) is 0 Å². The van der Waals surface area contributed by atoms with E-state index in [1.54, 1.807) is 11.6 Å². The molecule has 0 saturated carbocycles. The van der Waals surface area contributed by atoms with E-state index in [1.807, 2.05) is 0 Å². The van der Waals surface area contributed by atoms with Crippen molar-refractivity contribution in [1.29, 1.82) is 0 Å². The van der Waals surface area contributed by atoms with Crippen LogP contribution in [0, 0.1) is 11.6 Å². The Labute approximate surface area is 100 Å². The highest BCUT2D eigenvalue weighted by Crippen LogP contribution is 2.24. The number of aliphatic hydroxyl groups is 1. The van der Waals surface area contributed by atoms with E-state index in [0.29, 0.717) is 5.01 Å². The predicted molar refractivity (Wildman–Crippen MR) is 58.7 cm³/mol. The molecule has 0 aliphatic rings. The normalized spacial score (nSPS) is 10.5. The Bertz CT molecular complexity index is 479. The van der Waals surface area contributed by atoms with Gasteiger partial charge in [-0.15, -0.1) is 11.3 Å². The molecule has 1 heterocycles. The van der Waals surface area contributed by atoms with E-state index in [0.717, 1.165) is 12.1 Å². The minimum atomic E-state index is -0.828. The molecule has 17 heavy (non-hydrogen) atoms. The lowest BCUT2D eigenvalue weighted by atomic mass is 10.2. The molecule has 3 nitrogen and oxygen atoms in total. The molecule has 0 saturated heterocycles. The molecule has 0 aliphatic carbocycles. The number of ether oxygens (including phenoxy) is 1. The molecule has 0 amide bonds. The van der Waals surface area contributed by atoms with Crippen LogP contribution in [0.3, 0.4) is 0 Å². The van der Waals surface area contributed by atoms with Gasteiger partial charge in [0, 0.05) is 11.6 Å². The molecule has 0 spiro atoms. The highest BCUT2D eigenvalue weighted by atomic mass is 32.1. The molecule has 1 aromatic carbocycles. The zero-order chi connectivity index (χ0) is 12.3. The van der Waals surface area contributed by atoms with E-state index < -0.39 is 24.0 Å². The summed E-state index contributed by atoms with van der Waals surface area (Å²) in [5, 5.41) is 11.2. The van der Waals surface area contributed by atoms with Crippen LogP contribution >= 0.6 is 11.3 Å². The van der Waals surface area contributed by atoms with Gasteiger partial charge in [-0.1, -0.05) is 0 Å². The first-order valence-electron chi connectivity index (χ1n) is 4.80. The predicted octanol–water partition coefficient (Wildman–Crippen LogP) is 2.49. The van der Waals surface area contributed by atoms with E-state index >= 15 is 0 Å². The maximum Gasteiger partial charge on any atom is 0.191 e. The zero-order valence-corrected chi connectivity index (χ0v) is 9.51. The lowest BCUT2D eigenvalue weighted by Gasteiger charge is -2.08. The quantitative estimate of drug-likeness (QED) is 0.915. The SMILES string of the molecule is OCc1cc(F)c(OCc2nccs2)c(F)c1. The zero-order valence-electron chi connectivity index (χ0n) is 8.69. The molecule has 6 heteroatoms. The van der Waals surface area contributed by atoms with Gasteiger partial charge in [0.05, 0.1) is 6.61 Å². The van der Waals surface area contributed by atoms with Gasteiger partial charge >= 0.3 is 0 Å². The maximum atomic E-state index is 13.4. The molecule has 0 fully saturated rings. The van der Waals surface area contributed by atoms with Crippen LogP contribution in [-0.2, 0) is 13.2 Å². The first-order valence-corrected chi connectivity index (χ1v) is 5.68. The number of aliphatic hydroxyl groups excluding tert-OH is 1. The van der Waals surface area contributed by atoms with Gasteiger partial charge in [0.1, 0.15) is 11.6 Å². The second-order valence-corrected chi connectivity index (χ2v) is 4.24. The number of nitrogens with zero attached hydrogens (tertiary/aromatic N) is 1. The molecule has 0 atom stereocenters. The Morgan fingerprint density at radius 1 is 1.29 bits per heavy atom. The summed E-state index contributed by atoms with van der Waals surface area (Å²) in [4.78, 5) is 3.93. The van der Waals surface area contributed by atoms with Crippen LogP contribution in [0.15, 0.2) is 23.7 Å². The smallest absolute Gasteiger partial charge is 0.191 e. The van der Waals surface area contributed by atoms with Crippen molar-refractivity contribution in [2.24, 2.45) is 0 Å². The minimum Gasteiger partial charge on any atom is -0.480 e. The van der Waals surface area contributed by atoms with Gasteiger partial charge in [0.2, 0.25) is 0 Å². The fourth-order valence-corrected chi connectivity index (χ4v) is 1.83. The number of hydrogen-bond acceptors (Lipinski definition) is 4. The van der Waals surface area contributed by atoms with Crippen molar-refractivity contribution >= 4 is 11.3 Å². The van der Waals surface area contributed by atoms with Gasteiger partial charge in [-0.3, -0.25) is 0 Å². The molecule has 1 N–H and O–H groups in total. The summed E-state index contributed by atoms with van der Waals surface area (Å²) in [5.74, 6) is -2.10. The van der Waals surface area contributed by atoms with E-state index in [2.05, 4.69) is 4.98 Å². The minimum absolute atomic E-state index is 0.0178. The van der Waals surface area contributed by atoms with Gasteiger partial charge in [0.15, 0.2) is 17.4 Å². The number of rotatable bonds is 4. The molecular weight excluding hydrogens is 248 g/mol. The van der Waals surface area contributed by atoms with Crippen LogP contribution in [0.4, 0.5) is 8.78 Å². The summed E-state index contributed by atoms with van der Waals surface area (Å²) in [5.41, 5.74) is 0.168. The average Bonchev–Trinajstić information content (AvgIpc) is 2.80. The lowest BCUT2D eigenvalue weighted by Crippen LogP contribution is -2.01. The third kappa shape index (κ3) is 2.78. The average molecular weight is 257 g/mol. The van der Waals surface area contributed by atoms with Crippen LogP contribution in [0.1, 0.15) is 10.6 Å². The number of hydrogen-bond donors (Lipinski definition) is 1. The first-order chi connectivity index (χ1) is 8.20. The maximum absolute atomic E-state index is 13.4. The summed E-state index contributed by atoms with van der Waals surface area (Å²) in [6.07, 6.45) is 1.59. The van der Waals surface area contributed by atoms with Crippen molar-refractivity contribution in [3.8, 4) is 5.75 Å². The third-order valence-corrected chi connectivity index (χ3v) is 2.82. The molecule has 0 bridgehead atoms. The van der Waals surface area contributed by atoms with E-state index in [9.17, 15) is 8.78 Å². The van der Waals surface area contributed by atoms with Gasteiger partial charge < -0.3 is 9.84 Å². The van der Waals surface area contributed by atoms with E-state index in [1.165, 1.54) is 11.3 Å². The molecule has 0 aliphatic heterocycles. The van der Waals surface area contributed by atoms with E-state index in [-0.39, 0.29) is 12.2 Å². The Morgan fingerprint density at radius 2 is 2.00 bits per heavy atom. The van der Waals surface area contributed by atoms with Crippen LogP contribution in [0.2, 0.25) is 0 Å². The van der Waals surface area contributed by atoms with Gasteiger partial charge in [0.25, 0.3) is 0 Å². The highest BCUT2D eigenvalue weighted by molar-refractivity contribution is 7.09. The fraction of sp³-hybridized carbons (Fsp3) is 0.182.